The van der Waals surface area contributed by atoms with E-state index in [-0.39, 0.29) is 0 Å². The van der Waals surface area contributed by atoms with Gasteiger partial charge in [0.1, 0.15) is 17.1 Å². The van der Waals surface area contributed by atoms with Crippen LogP contribution in [0.25, 0.3) is 11.0 Å². The number of nitrogens with one attached hydrogen (secondary N) is 1. The number of rotatable bonds is 6. The summed E-state index contributed by atoms with van der Waals surface area (Å²) in [7, 11) is 0. The first-order valence-corrected chi connectivity index (χ1v) is 7.29. The SMILES string of the molecule is CCCOc1cccc(NCc2cc3ccccc3o2)c1. The Morgan fingerprint density at radius 2 is 1.95 bits per heavy atom. The summed E-state index contributed by atoms with van der Waals surface area (Å²) in [6.07, 6.45) is 1.01. The summed E-state index contributed by atoms with van der Waals surface area (Å²) in [6.45, 7) is 3.50. The third-order valence-electron chi connectivity index (χ3n) is 3.25. The molecule has 2 aromatic carbocycles. The number of fused-ring (bicyclic) bond motifs is 1. The fraction of sp³-hybridized carbons (Fsp3) is 0.222. The van der Waals surface area contributed by atoms with Crippen LogP contribution in [0.2, 0.25) is 0 Å². The van der Waals surface area contributed by atoms with E-state index in [2.05, 4.69) is 24.4 Å². The summed E-state index contributed by atoms with van der Waals surface area (Å²) < 4.78 is 11.4. The molecule has 0 atom stereocenters. The number of hydrogen-bond acceptors (Lipinski definition) is 3. The maximum Gasteiger partial charge on any atom is 0.134 e. The average molecular weight is 281 g/mol. The summed E-state index contributed by atoms with van der Waals surface area (Å²) in [5.74, 6) is 1.82. The van der Waals surface area contributed by atoms with Crippen LogP contribution < -0.4 is 10.1 Å². The van der Waals surface area contributed by atoms with Crippen LogP contribution in [0.5, 0.6) is 5.75 Å². The van der Waals surface area contributed by atoms with Gasteiger partial charge in [0.05, 0.1) is 13.2 Å². The number of hydrogen-bond donors (Lipinski definition) is 1. The maximum absolute atomic E-state index is 5.79. The molecule has 3 aromatic rings. The molecule has 0 spiro atoms. The van der Waals surface area contributed by atoms with E-state index in [0.717, 1.165) is 41.2 Å². The van der Waals surface area contributed by atoms with E-state index in [1.54, 1.807) is 0 Å². The monoisotopic (exact) mass is 281 g/mol. The predicted molar refractivity (Wildman–Crippen MR) is 85.8 cm³/mol. The van der Waals surface area contributed by atoms with Crippen molar-refractivity contribution in [2.24, 2.45) is 0 Å². The number of ether oxygens (including phenoxy) is 1. The second kappa shape index (κ2) is 6.35. The Morgan fingerprint density at radius 3 is 2.81 bits per heavy atom. The Hall–Kier alpha value is -2.42. The lowest BCUT2D eigenvalue weighted by molar-refractivity contribution is 0.317. The minimum absolute atomic E-state index is 0.659. The van der Waals surface area contributed by atoms with Crippen LogP contribution in [-0.2, 0) is 6.54 Å². The number of anilines is 1. The van der Waals surface area contributed by atoms with Crippen LogP contribution in [-0.4, -0.2) is 6.61 Å². The van der Waals surface area contributed by atoms with Gasteiger partial charge in [0.15, 0.2) is 0 Å². The minimum Gasteiger partial charge on any atom is -0.494 e. The second-order valence-corrected chi connectivity index (χ2v) is 4.98. The van der Waals surface area contributed by atoms with E-state index >= 15 is 0 Å². The van der Waals surface area contributed by atoms with E-state index in [9.17, 15) is 0 Å². The van der Waals surface area contributed by atoms with E-state index in [1.807, 2.05) is 42.5 Å². The molecule has 0 aliphatic carbocycles. The van der Waals surface area contributed by atoms with E-state index in [4.69, 9.17) is 9.15 Å². The fourth-order valence-corrected chi connectivity index (χ4v) is 2.23. The highest BCUT2D eigenvalue weighted by atomic mass is 16.5. The molecule has 0 radical (unpaired) electrons. The van der Waals surface area contributed by atoms with Crippen LogP contribution in [0, 0.1) is 0 Å². The van der Waals surface area contributed by atoms with Gasteiger partial charge in [-0.05, 0) is 30.7 Å². The van der Waals surface area contributed by atoms with Crippen LogP contribution in [0.15, 0.2) is 59.0 Å². The highest BCUT2D eigenvalue weighted by Crippen LogP contribution is 2.21. The molecule has 0 bridgehead atoms. The van der Waals surface area contributed by atoms with Crippen molar-refractivity contribution >= 4 is 16.7 Å². The van der Waals surface area contributed by atoms with Crippen LogP contribution in [0.4, 0.5) is 5.69 Å². The van der Waals surface area contributed by atoms with Crippen molar-refractivity contribution in [1.29, 1.82) is 0 Å². The molecule has 1 aromatic heterocycles. The van der Waals surface area contributed by atoms with Crippen LogP contribution in [0.3, 0.4) is 0 Å². The molecule has 108 valence electrons. The third kappa shape index (κ3) is 3.37. The number of para-hydroxylation sites is 1. The Labute approximate surface area is 124 Å². The maximum atomic E-state index is 5.79. The first-order chi connectivity index (χ1) is 10.3. The lowest BCUT2D eigenvalue weighted by Crippen LogP contribution is -1.99. The van der Waals surface area contributed by atoms with Crippen molar-refractivity contribution in [3.05, 3.63) is 60.4 Å². The van der Waals surface area contributed by atoms with Crippen molar-refractivity contribution < 1.29 is 9.15 Å². The topological polar surface area (TPSA) is 34.4 Å². The highest BCUT2D eigenvalue weighted by Gasteiger charge is 2.03. The van der Waals surface area contributed by atoms with Gasteiger partial charge in [0, 0.05) is 17.1 Å². The van der Waals surface area contributed by atoms with E-state index < -0.39 is 0 Å². The highest BCUT2D eigenvalue weighted by molar-refractivity contribution is 5.77. The zero-order chi connectivity index (χ0) is 14.5. The van der Waals surface area contributed by atoms with Crippen molar-refractivity contribution in [3.63, 3.8) is 0 Å². The van der Waals surface area contributed by atoms with Crippen molar-refractivity contribution in [3.8, 4) is 5.75 Å². The quantitative estimate of drug-likeness (QED) is 0.702. The van der Waals surface area contributed by atoms with Gasteiger partial charge in [0.25, 0.3) is 0 Å². The van der Waals surface area contributed by atoms with Gasteiger partial charge >= 0.3 is 0 Å². The lowest BCUT2D eigenvalue weighted by atomic mass is 10.2. The predicted octanol–water partition coefficient (Wildman–Crippen LogP) is 4.83. The molecule has 3 rings (SSSR count). The van der Waals surface area contributed by atoms with Crippen LogP contribution >= 0.6 is 0 Å². The zero-order valence-corrected chi connectivity index (χ0v) is 12.1. The van der Waals surface area contributed by atoms with Crippen molar-refractivity contribution in [2.75, 3.05) is 11.9 Å². The molecule has 0 amide bonds. The van der Waals surface area contributed by atoms with Gasteiger partial charge in [0.2, 0.25) is 0 Å². The molecule has 0 fully saturated rings. The van der Waals surface area contributed by atoms with Crippen LogP contribution in [0.1, 0.15) is 19.1 Å². The summed E-state index contributed by atoms with van der Waals surface area (Å²) in [5.41, 5.74) is 1.96. The Bertz CT molecular complexity index is 685. The molecule has 0 saturated heterocycles. The lowest BCUT2D eigenvalue weighted by Gasteiger charge is -2.08. The largest absolute Gasteiger partial charge is 0.494 e. The number of furan rings is 1. The van der Waals surface area contributed by atoms with Gasteiger partial charge in [-0.3, -0.25) is 0 Å². The first-order valence-electron chi connectivity index (χ1n) is 7.29. The molecule has 0 saturated carbocycles. The fourth-order valence-electron chi connectivity index (χ4n) is 2.23. The average Bonchev–Trinajstić information content (AvgIpc) is 2.94. The van der Waals surface area contributed by atoms with E-state index in [1.165, 1.54) is 0 Å². The molecular formula is C18H19NO2. The molecule has 3 heteroatoms. The summed E-state index contributed by atoms with van der Waals surface area (Å²) in [6, 6.07) is 18.1. The molecule has 0 unspecified atom stereocenters. The molecule has 1 N–H and O–H groups in total. The van der Waals surface area contributed by atoms with Gasteiger partial charge in [-0.15, -0.1) is 0 Å². The summed E-state index contributed by atoms with van der Waals surface area (Å²) in [5, 5.41) is 4.50. The minimum atomic E-state index is 0.659. The van der Waals surface area contributed by atoms with Gasteiger partial charge in [-0.2, -0.15) is 0 Å². The Morgan fingerprint density at radius 1 is 1.05 bits per heavy atom. The number of benzene rings is 2. The van der Waals surface area contributed by atoms with Gasteiger partial charge in [-0.1, -0.05) is 31.2 Å². The third-order valence-corrected chi connectivity index (χ3v) is 3.25. The molecule has 3 nitrogen and oxygen atoms in total. The second-order valence-electron chi connectivity index (χ2n) is 4.98. The van der Waals surface area contributed by atoms with Crippen molar-refractivity contribution in [2.45, 2.75) is 19.9 Å². The molecule has 0 aliphatic heterocycles. The molecule has 21 heavy (non-hydrogen) atoms. The normalized spacial score (nSPS) is 10.7. The van der Waals surface area contributed by atoms with Gasteiger partial charge < -0.3 is 14.5 Å². The smallest absolute Gasteiger partial charge is 0.134 e. The van der Waals surface area contributed by atoms with Crippen molar-refractivity contribution in [1.82, 2.24) is 0 Å². The first kappa shape index (κ1) is 13.6. The Kier molecular flexibility index (Phi) is 4.10. The summed E-state index contributed by atoms with van der Waals surface area (Å²) in [4.78, 5) is 0. The molecule has 0 aliphatic rings. The van der Waals surface area contributed by atoms with Gasteiger partial charge in [-0.25, -0.2) is 0 Å². The Balaban J connectivity index is 1.66. The zero-order valence-electron chi connectivity index (χ0n) is 12.1. The standard InChI is InChI=1S/C18H19NO2/c1-2-10-20-16-8-5-7-15(12-16)19-13-17-11-14-6-3-4-9-18(14)21-17/h3-9,11-12,19H,2,10,13H2,1H3. The molecule has 1 heterocycles. The summed E-state index contributed by atoms with van der Waals surface area (Å²) >= 11 is 0. The van der Waals surface area contributed by atoms with E-state index in [0.29, 0.717) is 6.54 Å². The molecular weight excluding hydrogens is 262 g/mol.